The van der Waals surface area contributed by atoms with Crippen LogP contribution >= 0.6 is 11.3 Å². The highest BCUT2D eigenvalue weighted by Crippen LogP contribution is 2.60. The summed E-state index contributed by atoms with van der Waals surface area (Å²) in [6.45, 7) is 4.48. The lowest BCUT2D eigenvalue weighted by atomic mass is 9.80. The first-order valence-corrected chi connectivity index (χ1v) is 7.28. The van der Waals surface area contributed by atoms with Crippen LogP contribution in [0.25, 0.3) is 0 Å². The maximum absolute atomic E-state index is 4.46. The Morgan fingerprint density at radius 1 is 1.50 bits per heavy atom. The molecule has 1 aromatic rings. The molecule has 2 aliphatic carbocycles. The number of nitrogens with one attached hydrogen (secondary N) is 1. The second-order valence-electron chi connectivity index (χ2n) is 5.55. The summed E-state index contributed by atoms with van der Waals surface area (Å²) in [5, 5.41) is 7.00. The van der Waals surface area contributed by atoms with Gasteiger partial charge in [-0.2, -0.15) is 0 Å². The molecule has 0 amide bonds. The minimum absolute atomic E-state index is 0.529. The maximum Gasteiger partial charge on any atom is 0.0930 e. The van der Waals surface area contributed by atoms with E-state index < -0.39 is 0 Å². The lowest BCUT2D eigenvalue weighted by molar-refractivity contribution is 0.250. The van der Waals surface area contributed by atoms with Gasteiger partial charge in [-0.1, -0.05) is 6.92 Å². The number of hydrogen-bond acceptors (Lipinski definition) is 3. The number of hydrogen-bond donors (Lipinski definition) is 1. The van der Waals surface area contributed by atoms with E-state index in [2.05, 4.69) is 22.6 Å². The summed E-state index contributed by atoms with van der Waals surface area (Å²) in [5.74, 6) is 2.11. The van der Waals surface area contributed by atoms with Gasteiger partial charge >= 0.3 is 0 Å². The van der Waals surface area contributed by atoms with Crippen LogP contribution in [-0.2, 0) is 6.42 Å². The predicted octanol–water partition coefficient (Wildman–Crippen LogP) is 2.71. The molecule has 2 unspecified atom stereocenters. The summed E-state index contributed by atoms with van der Waals surface area (Å²) < 4.78 is 0. The van der Waals surface area contributed by atoms with Crippen molar-refractivity contribution in [1.82, 2.24) is 10.3 Å². The van der Waals surface area contributed by atoms with Crippen LogP contribution in [0.15, 0.2) is 11.6 Å². The summed E-state index contributed by atoms with van der Waals surface area (Å²) in [4.78, 5) is 4.46. The zero-order chi connectivity index (χ0) is 11.0. The number of fused-ring (bicyclic) bond motifs is 1. The zero-order valence-electron chi connectivity index (χ0n) is 9.91. The van der Waals surface area contributed by atoms with Crippen LogP contribution in [0, 0.1) is 17.3 Å². The molecule has 1 heterocycles. The second kappa shape index (κ2) is 4.11. The fourth-order valence-electron chi connectivity index (χ4n) is 3.41. The van der Waals surface area contributed by atoms with Crippen LogP contribution in [0.5, 0.6) is 0 Å². The molecule has 2 atom stereocenters. The molecule has 0 aliphatic heterocycles. The van der Waals surface area contributed by atoms with Crippen molar-refractivity contribution in [2.75, 3.05) is 13.1 Å². The molecule has 0 radical (unpaired) electrons. The Kier molecular flexibility index (Phi) is 2.76. The van der Waals surface area contributed by atoms with Crippen LogP contribution in [0.1, 0.15) is 31.2 Å². The summed E-state index contributed by atoms with van der Waals surface area (Å²) >= 11 is 1.82. The van der Waals surface area contributed by atoms with Crippen molar-refractivity contribution in [2.24, 2.45) is 17.3 Å². The summed E-state index contributed by atoms with van der Waals surface area (Å²) in [7, 11) is 0. The van der Waals surface area contributed by atoms with Crippen molar-refractivity contribution >= 4 is 11.3 Å². The highest BCUT2D eigenvalue weighted by Gasteiger charge is 2.53. The number of thiazole rings is 1. The maximum atomic E-state index is 4.46. The van der Waals surface area contributed by atoms with Crippen LogP contribution in [0.2, 0.25) is 0 Å². The molecular weight excluding hydrogens is 216 g/mol. The fraction of sp³-hybridized carbons (Fsp3) is 0.769. The average Bonchev–Trinajstić information content (AvgIpc) is 2.71. The van der Waals surface area contributed by atoms with Crippen molar-refractivity contribution < 1.29 is 0 Å². The van der Waals surface area contributed by atoms with E-state index in [0.717, 1.165) is 18.4 Å². The first-order valence-electron chi connectivity index (χ1n) is 6.40. The highest BCUT2D eigenvalue weighted by atomic mass is 32.1. The molecule has 2 nitrogen and oxygen atoms in total. The number of rotatable bonds is 5. The Morgan fingerprint density at radius 3 is 2.94 bits per heavy atom. The number of aromatic nitrogens is 1. The van der Waals surface area contributed by atoms with E-state index in [1.165, 1.54) is 37.2 Å². The van der Waals surface area contributed by atoms with Crippen molar-refractivity contribution in [2.45, 2.75) is 32.6 Å². The zero-order valence-corrected chi connectivity index (χ0v) is 10.7. The molecule has 0 aromatic carbocycles. The van der Waals surface area contributed by atoms with Crippen molar-refractivity contribution in [1.29, 1.82) is 0 Å². The third-order valence-corrected chi connectivity index (χ3v) is 5.00. The highest BCUT2D eigenvalue weighted by molar-refractivity contribution is 7.09. The molecule has 1 N–H and O–H groups in total. The van der Waals surface area contributed by atoms with Gasteiger partial charge in [-0.3, -0.25) is 0 Å². The van der Waals surface area contributed by atoms with Crippen LogP contribution in [0.3, 0.4) is 0 Å². The Balaban J connectivity index is 1.69. The quantitative estimate of drug-likeness (QED) is 0.850. The molecular formula is C13H20N2S. The van der Waals surface area contributed by atoms with Crippen molar-refractivity contribution in [3.8, 4) is 0 Å². The van der Waals surface area contributed by atoms with Gasteiger partial charge in [-0.05, 0) is 43.1 Å². The molecule has 3 heteroatoms. The molecule has 16 heavy (non-hydrogen) atoms. The van der Waals surface area contributed by atoms with Gasteiger partial charge in [-0.15, -0.1) is 11.3 Å². The SMILES string of the molecule is CCNCC1(Cc2nccs2)CC2CC2C1. The lowest BCUT2D eigenvalue weighted by Crippen LogP contribution is -2.35. The summed E-state index contributed by atoms with van der Waals surface area (Å²) in [6.07, 6.45) is 7.52. The molecule has 2 aliphatic rings. The first-order chi connectivity index (χ1) is 7.81. The third-order valence-electron chi connectivity index (χ3n) is 4.22. The van der Waals surface area contributed by atoms with E-state index in [4.69, 9.17) is 0 Å². The first kappa shape index (κ1) is 10.7. The van der Waals surface area contributed by atoms with Crippen molar-refractivity contribution in [3.05, 3.63) is 16.6 Å². The molecule has 0 spiro atoms. The third kappa shape index (κ3) is 2.03. The predicted molar refractivity (Wildman–Crippen MR) is 67.6 cm³/mol. The van der Waals surface area contributed by atoms with Gasteiger partial charge in [0.15, 0.2) is 0 Å². The lowest BCUT2D eigenvalue weighted by Gasteiger charge is -2.30. The van der Waals surface area contributed by atoms with Gasteiger partial charge in [0.1, 0.15) is 0 Å². The van der Waals surface area contributed by atoms with Gasteiger partial charge < -0.3 is 5.32 Å². The summed E-state index contributed by atoms with van der Waals surface area (Å²) in [6, 6.07) is 0. The smallest absolute Gasteiger partial charge is 0.0930 e. The normalized spacial score (nSPS) is 36.3. The van der Waals surface area contributed by atoms with Gasteiger partial charge in [0.25, 0.3) is 0 Å². The van der Waals surface area contributed by atoms with E-state index >= 15 is 0 Å². The van der Waals surface area contributed by atoms with Crippen LogP contribution < -0.4 is 5.32 Å². The minimum atomic E-state index is 0.529. The van der Waals surface area contributed by atoms with E-state index in [0.29, 0.717) is 5.41 Å². The Bertz CT molecular complexity index is 337. The standard InChI is InChI=1S/C13H20N2S/c1-2-14-9-13(6-10-5-11(10)7-13)8-12-15-3-4-16-12/h3-4,10-11,14H,2,5-9H2,1H3. The van der Waals surface area contributed by atoms with E-state index in [1.54, 1.807) is 0 Å². The molecule has 0 saturated heterocycles. The second-order valence-corrected chi connectivity index (χ2v) is 6.53. The number of nitrogens with zero attached hydrogens (tertiary/aromatic N) is 1. The largest absolute Gasteiger partial charge is 0.316 e. The molecule has 2 fully saturated rings. The van der Waals surface area contributed by atoms with Gasteiger partial charge in [0.05, 0.1) is 5.01 Å². The van der Waals surface area contributed by atoms with Gasteiger partial charge in [-0.25, -0.2) is 4.98 Å². The monoisotopic (exact) mass is 236 g/mol. The minimum Gasteiger partial charge on any atom is -0.316 e. The summed E-state index contributed by atoms with van der Waals surface area (Å²) in [5.41, 5.74) is 0.529. The van der Waals surface area contributed by atoms with Gasteiger partial charge in [0, 0.05) is 24.5 Å². The van der Waals surface area contributed by atoms with E-state index in [9.17, 15) is 0 Å². The van der Waals surface area contributed by atoms with E-state index in [-0.39, 0.29) is 0 Å². The van der Waals surface area contributed by atoms with Crippen molar-refractivity contribution in [3.63, 3.8) is 0 Å². The molecule has 88 valence electrons. The Morgan fingerprint density at radius 2 is 2.31 bits per heavy atom. The Labute approximate surface area is 101 Å². The van der Waals surface area contributed by atoms with Crippen LogP contribution in [0.4, 0.5) is 0 Å². The van der Waals surface area contributed by atoms with Crippen LogP contribution in [-0.4, -0.2) is 18.1 Å². The Hall–Kier alpha value is -0.410. The van der Waals surface area contributed by atoms with Gasteiger partial charge in [0.2, 0.25) is 0 Å². The fourth-order valence-corrected chi connectivity index (χ4v) is 4.20. The average molecular weight is 236 g/mol. The molecule has 1 aromatic heterocycles. The topological polar surface area (TPSA) is 24.9 Å². The molecule has 0 bridgehead atoms. The molecule has 2 saturated carbocycles. The van der Waals surface area contributed by atoms with E-state index in [1.807, 2.05) is 17.5 Å². The molecule has 3 rings (SSSR count).